The Labute approximate surface area is 110 Å². The fraction of sp³-hybridized carbons (Fsp3) is 0.286. The summed E-state index contributed by atoms with van der Waals surface area (Å²) in [6.07, 6.45) is 0. The molecule has 2 aromatic rings. The molecular weight excluding hydrogens is 249 g/mol. The number of nitrogens with one attached hydrogen (secondary N) is 1. The van der Waals surface area contributed by atoms with Crippen LogP contribution in [0.2, 0.25) is 0 Å². The molecule has 0 saturated heterocycles. The van der Waals surface area contributed by atoms with E-state index >= 15 is 0 Å². The second kappa shape index (κ2) is 5.98. The van der Waals surface area contributed by atoms with Gasteiger partial charge >= 0.3 is 0 Å². The SMILES string of the molecule is CNC(C)c1c(F)cccc1OCc1cccs1. The number of halogens is 1. The van der Waals surface area contributed by atoms with Crippen LogP contribution in [-0.2, 0) is 6.61 Å². The molecule has 2 rings (SSSR count). The lowest BCUT2D eigenvalue weighted by Gasteiger charge is -2.17. The molecule has 0 aliphatic heterocycles. The van der Waals surface area contributed by atoms with Gasteiger partial charge in [-0.2, -0.15) is 0 Å². The normalized spacial score (nSPS) is 12.4. The largest absolute Gasteiger partial charge is 0.488 e. The molecule has 4 heteroatoms. The van der Waals surface area contributed by atoms with E-state index in [2.05, 4.69) is 5.32 Å². The highest BCUT2D eigenvalue weighted by Crippen LogP contribution is 2.28. The van der Waals surface area contributed by atoms with Crippen LogP contribution < -0.4 is 10.1 Å². The van der Waals surface area contributed by atoms with Crippen molar-refractivity contribution in [3.63, 3.8) is 0 Å². The minimum atomic E-state index is -0.236. The lowest BCUT2D eigenvalue weighted by atomic mass is 10.1. The van der Waals surface area contributed by atoms with Crippen LogP contribution in [0.15, 0.2) is 35.7 Å². The fourth-order valence-corrected chi connectivity index (χ4v) is 2.37. The average molecular weight is 265 g/mol. The molecule has 0 bridgehead atoms. The van der Waals surface area contributed by atoms with Gasteiger partial charge in [-0.15, -0.1) is 11.3 Å². The summed E-state index contributed by atoms with van der Waals surface area (Å²) in [7, 11) is 1.81. The summed E-state index contributed by atoms with van der Waals surface area (Å²) in [5.74, 6) is 0.366. The topological polar surface area (TPSA) is 21.3 Å². The van der Waals surface area contributed by atoms with Gasteiger partial charge in [-0.3, -0.25) is 0 Å². The molecule has 0 aliphatic carbocycles. The maximum absolute atomic E-state index is 13.8. The monoisotopic (exact) mass is 265 g/mol. The smallest absolute Gasteiger partial charge is 0.131 e. The Balaban J connectivity index is 2.19. The number of thiophene rings is 1. The molecule has 0 saturated carbocycles. The minimum Gasteiger partial charge on any atom is -0.488 e. The highest BCUT2D eigenvalue weighted by Gasteiger charge is 2.15. The van der Waals surface area contributed by atoms with Gasteiger partial charge in [0.05, 0.1) is 0 Å². The Hall–Kier alpha value is -1.39. The summed E-state index contributed by atoms with van der Waals surface area (Å²) in [5.41, 5.74) is 0.580. The molecule has 0 fully saturated rings. The molecule has 96 valence electrons. The summed E-state index contributed by atoms with van der Waals surface area (Å²) < 4.78 is 19.6. The van der Waals surface area contributed by atoms with Crippen molar-refractivity contribution in [3.8, 4) is 5.75 Å². The first kappa shape index (κ1) is 13.1. The summed E-state index contributed by atoms with van der Waals surface area (Å²) in [5, 5.41) is 5.04. The average Bonchev–Trinajstić information content (AvgIpc) is 2.88. The summed E-state index contributed by atoms with van der Waals surface area (Å²) in [6, 6.07) is 8.84. The molecular formula is C14H16FNOS. The van der Waals surface area contributed by atoms with E-state index in [0.29, 0.717) is 17.9 Å². The van der Waals surface area contributed by atoms with Gasteiger partial charge in [0.2, 0.25) is 0 Å². The van der Waals surface area contributed by atoms with E-state index in [-0.39, 0.29) is 11.9 Å². The first-order chi connectivity index (χ1) is 8.72. The van der Waals surface area contributed by atoms with Gasteiger partial charge in [0.1, 0.15) is 18.2 Å². The molecule has 1 atom stereocenters. The van der Waals surface area contributed by atoms with Crippen LogP contribution in [0, 0.1) is 5.82 Å². The Morgan fingerprint density at radius 2 is 2.17 bits per heavy atom. The highest BCUT2D eigenvalue weighted by molar-refractivity contribution is 7.09. The van der Waals surface area contributed by atoms with Crippen LogP contribution in [0.5, 0.6) is 5.75 Å². The quantitative estimate of drug-likeness (QED) is 0.889. The standard InChI is InChI=1S/C14H16FNOS/c1-10(16-2)14-12(15)6-3-7-13(14)17-9-11-5-4-8-18-11/h3-8,10,16H,9H2,1-2H3. The Morgan fingerprint density at radius 3 is 2.83 bits per heavy atom. The molecule has 0 spiro atoms. The van der Waals surface area contributed by atoms with Gasteiger partial charge in [0.25, 0.3) is 0 Å². The van der Waals surface area contributed by atoms with Crippen molar-refractivity contribution in [3.05, 3.63) is 52.0 Å². The third-order valence-electron chi connectivity index (χ3n) is 2.83. The van der Waals surface area contributed by atoms with E-state index in [4.69, 9.17) is 4.74 Å². The Kier molecular flexibility index (Phi) is 4.33. The van der Waals surface area contributed by atoms with Crippen LogP contribution in [0.3, 0.4) is 0 Å². The van der Waals surface area contributed by atoms with Crippen LogP contribution in [-0.4, -0.2) is 7.05 Å². The molecule has 1 aromatic heterocycles. The number of rotatable bonds is 5. The van der Waals surface area contributed by atoms with Crippen molar-refractivity contribution in [1.82, 2.24) is 5.32 Å². The third kappa shape index (κ3) is 2.89. The predicted molar refractivity (Wildman–Crippen MR) is 72.5 cm³/mol. The zero-order valence-electron chi connectivity index (χ0n) is 10.4. The molecule has 1 N–H and O–H groups in total. The van der Waals surface area contributed by atoms with E-state index in [1.807, 2.05) is 24.4 Å². The first-order valence-corrected chi connectivity index (χ1v) is 6.71. The van der Waals surface area contributed by atoms with Crippen LogP contribution in [0.1, 0.15) is 23.4 Å². The van der Waals surface area contributed by atoms with Gasteiger partial charge in [0.15, 0.2) is 0 Å². The molecule has 0 radical (unpaired) electrons. The van der Waals surface area contributed by atoms with Gasteiger partial charge in [-0.25, -0.2) is 4.39 Å². The number of benzene rings is 1. The molecule has 2 nitrogen and oxygen atoms in total. The minimum absolute atomic E-state index is 0.0791. The van der Waals surface area contributed by atoms with Gasteiger partial charge < -0.3 is 10.1 Å². The number of hydrogen-bond acceptors (Lipinski definition) is 3. The van der Waals surface area contributed by atoms with Crippen molar-refractivity contribution >= 4 is 11.3 Å². The van der Waals surface area contributed by atoms with Crippen molar-refractivity contribution in [2.45, 2.75) is 19.6 Å². The molecule has 1 unspecified atom stereocenters. The number of ether oxygens (including phenoxy) is 1. The van der Waals surface area contributed by atoms with Crippen molar-refractivity contribution in [1.29, 1.82) is 0 Å². The van der Waals surface area contributed by atoms with E-state index in [0.717, 1.165) is 4.88 Å². The zero-order valence-corrected chi connectivity index (χ0v) is 11.3. The van der Waals surface area contributed by atoms with Crippen LogP contribution in [0.25, 0.3) is 0 Å². The van der Waals surface area contributed by atoms with Gasteiger partial charge in [0, 0.05) is 16.5 Å². The van der Waals surface area contributed by atoms with Crippen LogP contribution in [0.4, 0.5) is 4.39 Å². The van der Waals surface area contributed by atoms with Crippen molar-refractivity contribution < 1.29 is 9.13 Å². The van der Waals surface area contributed by atoms with E-state index in [9.17, 15) is 4.39 Å². The van der Waals surface area contributed by atoms with Crippen LogP contribution >= 0.6 is 11.3 Å². The zero-order chi connectivity index (χ0) is 13.0. The van der Waals surface area contributed by atoms with Gasteiger partial charge in [-0.05, 0) is 37.6 Å². The second-order valence-electron chi connectivity index (χ2n) is 4.03. The first-order valence-electron chi connectivity index (χ1n) is 5.83. The van der Waals surface area contributed by atoms with Crippen molar-refractivity contribution in [2.75, 3.05) is 7.05 Å². The van der Waals surface area contributed by atoms with Gasteiger partial charge in [-0.1, -0.05) is 12.1 Å². The fourth-order valence-electron chi connectivity index (χ4n) is 1.75. The molecule has 18 heavy (non-hydrogen) atoms. The molecule has 1 heterocycles. The summed E-state index contributed by atoms with van der Waals surface area (Å²) >= 11 is 1.63. The lowest BCUT2D eigenvalue weighted by molar-refractivity contribution is 0.301. The lowest BCUT2D eigenvalue weighted by Crippen LogP contribution is -2.15. The molecule has 1 aromatic carbocycles. The predicted octanol–water partition coefficient (Wildman–Crippen LogP) is 3.75. The second-order valence-corrected chi connectivity index (χ2v) is 5.06. The maximum Gasteiger partial charge on any atom is 0.131 e. The summed E-state index contributed by atoms with van der Waals surface area (Å²) in [6.45, 7) is 2.39. The van der Waals surface area contributed by atoms with E-state index in [1.54, 1.807) is 30.5 Å². The maximum atomic E-state index is 13.8. The Bertz CT molecular complexity index is 499. The number of hydrogen-bond donors (Lipinski definition) is 1. The Morgan fingerprint density at radius 1 is 1.33 bits per heavy atom. The van der Waals surface area contributed by atoms with E-state index < -0.39 is 0 Å². The third-order valence-corrected chi connectivity index (χ3v) is 3.68. The molecule has 0 amide bonds. The summed E-state index contributed by atoms with van der Waals surface area (Å²) in [4.78, 5) is 1.13. The van der Waals surface area contributed by atoms with Crippen molar-refractivity contribution in [2.24, 2.45) is 0 Å². The molecule has 0 aliphatic rings. The van der Waals surface area contributed by atoms with E-state index in [1.165, 1.54) is 6.07 Å². The highest BCUT2D eigenvalue weighted by atomic mass is 32.1.